The van der Waals surface area contributed by atoms with Crippen LogP contribution in [0.4, 0.5) is 0 Å². The van der Waals surface area contributed by atoms with Crippen molar-refractivity contribution in [2.24, 2.45) is 5.73 Å². The van der Waals surface area contributed by atoms with Gasteiger partial charge in [-0.05, 0) is 32.3 Å². The van der Waals surface area contributed by atoms with Gasteiger partial charge in [-0.3, -0.25) is 0 Å². The second kappa shape index (κ2) is 4.58. The van der Waals surface area contributed by atoms with E-state index >= 15 is 0 Å². The lowest BCUT2D eigenvalue weighted by Crippen LogP contribution is -2.33. The lowest BCUT2D eigenvalue weighted by atomic mass is 9.88. The predicted molar refractivity (Wildman–Crippen MR) is 59.0 cm³/mol. The summed E-state index contributed by atoms with van der Waals surface area (Å²) in [6, 6.07) is 8.26. The molecule has 0 amide bonds. The maximum Gasteiger partial charge on any atom is 0.0431 e. The van der Waals surface area contributed by atoms with E-state index in [1.807, 2.05) is 6.92 Å². The number of benzene rings is 1. The largest absolute Gasteiger partial charge is 0.396 e. The molecule has 2 nitrogen and oxygen atoms in total. The summed E-state index contributed by atoms with van der Waals surface area (Å²) < 4.78 is 0. The van der Waals surface area contributed by atoms with E-state index in [2.05, 4.69) is 31.2 Å². The van der Waals surface area contributed by atoms with Crippen LogP contribution in [-0.4, -0.2) is 11.7 Å². The van der Waals surface area contributed by atoms with Gasteiger partial charge in [0.15, 0.2) is 0 Å². The van der Waals surface area contributed by atoms with E-state index in [0.717, 1.165) is 18.4 Å². The molecule has 0 saturated carbocycles. The minimum atomic E-state index is -0.323. The number of aliphatic hydroxyl groups excluding tert-OH is 1. The Morgan fingerprint density at radius 2 is 1.86 bits per heavy atom. The van der Waals surface area contributed by atoms with E-state index in [-0.39, 0.29) is 12.1 Å². The molecular weight excluding hydrogens is 174 g/mol. The molecule has 0 aliphatic heterocycles. The van der Waals surface area contributed by atoms with E-state index in [1.165, 1.54) is 5.56 Å². The van der Waals surface area contributed by atoms with Gasteiger partial charge in [0.1, 0.15) is 0 Å². The van der Waals surface area contributed by atoms with Crippen LogP contribution in [0.15, 0.2) is 24.3 Å². The molecule has 1 aromatic carbocycles. The molecule has 0 aromatic heterocycles. The van der Waals surface area contributed by atoms with E-state index in [1.54, 1.807) is 0 Å². The van der Waals surface area contributed by atoms with Gasteiger partial charge in [0.25, 0.3) is 0 Å². The topological polar surface area (TPSA) is 46.2 Å². The molecule has 0 saturated heterocycles. The van der Waals surface area contributed by atoms with Crippen LogP contribution in [0.2, 0.25) is 0 Å². The second-order valence-corrected chi connectivity index (χ2v) is 4.11. The monoisotopic (exact) mass is 193 g/mol. The first-order chi connectivity index (χ1) is 6.56. The first kappa shape index (κ1) is 11.2. The molecule has 0 bridgehead atoms. The van der Waals surface area contributed by atoms with Crippen LogP contribution >= 0.6 is 0 Å². The molecule has 0 heterocycles. The quantitative estimate of drug-likeness (QED) is 0.767. The zero-order chi connectivity index (χ0) is 10.6. The summed E-state index contributed by atoms with van der Waals surface area (Å²) in [7, 11) is 0. The van der Waals surface area contributed by atoms with Crippen molar-refractivity contribution in [2.45, 2.75) is 32.2 Å². The Labute approximate surface area is 85.8 Å². The summed E-state index contributed by atoms with van der Waals surface area (Å²) in [6.07, 6.45) is 1.56. The molecule has 0 spiro atoms. The number of rotatable bonds is 4. The number of nitrogens with two attached hydrogens (primary N) is 1. The molecule has 3 N–H and O–H groups in total. The molecule has 1 unspecified atom stereocenters. The third kappa shape index (κ3) is 2.82. The fraction of sp³-hybridized carbons (Fsp3) is 0.500. The molecule has 78 valence electrons. The van der Waals surface area contributed by atoms with E-state index < -0.39 is 0 Å². The Balaban J connectivity index is 2.75. The van der Waals surface area contributed by atoms with Crippen LogP contribution in [0.25, 0.3) is 0 Å². The highest BCUT2D eigenvalue weighted by molar-refractivity contribution is 5.26. The average Bonchev–Trinajstić information content (AvgIpc) is 2.16. The van der Waals surface area contributed by atoms with Gasteiger partial charge in [-0.25, -0.2) is 0 Å². The van der Waals surface area contributed by atoms with Crippen molar-refractivity contribution >= 4 is 0 Å². The van der Waals surface area contributed by atoms with Crippen molar-refractivity contribution in [3.8, 4) is 0 Å². The third-order valence-electron chi connectivity index (χ3n) is 2.57. The minimum Gasteiger partial charge on any atom is -0.396 e. The second-order valence-electron chi connectivity index (χ2n) is 4.11. The van der Waals surface area contributed by atoms with Gasteiger partial charge in [-0.2, -0.15) is 0 Å². The lowest BCUT2D eigenvalue weighted by Gasteiger charge is -2.25. The van der Waals surface area contributed by atoms with E-state index in [9.17, 15) is 0 Å². The SMILES string of the molecule is Cc1ccc(C(C)(N)CCCO)cc1. The van der Waals surface area contributed by atoms with Crippen molar-refractivity contribution in [1.82, 2.24) is 0 Å². The molecule has 0 aliphatic rings. The maximum absolute atomic E-state index is 8.77. The normalized spacial score (nSPS) is 15.1. The summed E-state index contributed by atoms with van der Waals surface area (Å²) in [6.45, 7) is 4.28. The van der Waals surface area contributed by atoms with Crippen LogP contribution in [0.5, 0.6) is 0 Å². The van der Waals surface area contributed by atoms with Gasteiger partial charge in [0.05, 0.1) is 0 Å². The Hall–Kier alpha value is -0.860. The van der Waals surface area contributed by atoms with Crippen LogP contribution in [0.3, 0.4) is 0 Å². The van der Waals surface area contributed by atoms with Crippen molar-refractivity contribution in [1.29, 1.82) is 0 Å². The summed E-state index contributed by atoms with van der Waals surface area (Å²) in [4.78, 5) is 0. The summed E-state index contributed by atoms with van der Waals surface area (Å²) >= 11 is 0. The molecule has 0 fully saturated rings. The van der Waals surface area contributed by atoms with E-state index in [4.69, 9.17) is 10.8 Å². The summed E-state index contributed by atoms with van der Waals surface area (Å²) in [5.74, 6) is 0. The van der Waals surface area contributed by atoms with Crippen LogP contribution in [0.1, 0.15) is 30.9 Å². The Morgan fingerprint density at radius 3 is 2.36 bits per heavy atom. The van der Waals surface area contributed by atoms with Gasteiger partial charge in [-0.1, -0.05) is 29.8 Å². The van der Waals surface area contributed by atoms with Crippen LogP contribution < -0.4 is 5.73 Å². The number of hydrogen-bond donors (Lipinski definition) is 2. The standard InChI is InChI=1S/C12H19NO/c1-10-4-6-11(7-5-10)12(2,13)8-3-9-14/h4-7,14H,3,8-9,13H2,1-2H3. The Bertz CT molecular complexity index is 277. The zero-order valence-electron chi connectivity index (χ0n) is 8.96. The maximum atomic E-state index is 8.77. The number of hydrogen-bond acceptors (Lipinski definition) is 2. The average molecular weight is 193 g/mol. The van der Waals surface area contributed by atoms with Gasteiger partial charge >= 0.3 is 0 Å². The Morgan fingerprint density at radius 1 is 1.29 bits per heavy atom. The van der Waals surface area contributed by atoms with E-state index in [0.29, 0.717) is 0 Å². The highest BCUT2D eigenvalue weighted by Crippen LogP contribution is 2.23. The van der Waals surface area contributed by atoms with Gasteiger partial charge in [0, 0.05) is 12.1 Å². The molecule has 14 heavy (non-hydrogen) atoms. The predicted octanol–water partition coefficient (Wildman–Crippen LogP) is 1.94. The molecule has 0 aliphatic carbocycles. The highest BCUT2D eigenvalue weighted by atomic mass is 16.2. The van der Waals surface area contributed by atoms with Crippen LogP contribution in [0, 0.1) is 6.92 Å². The third-order valence-corrected chi connectivity index (χ3v) is 2.57. The number of aliphatic hydroxyl groups is 1. The number of aryl methyl sites for hydroxylation is 1. The fourth-order valence-corrected chi connectivity index (χ4v) is 1.52. The molecular formula is C12H19NO. The molecule has 1 aromatic rings. The van der Waals surface area contributed by atoms with Gasteiger partial charge in [0.2, 0.25) is 0 Å². The highest BCUT2D eigenvalue weighted by Gasteiger charge is 2.19. The summed E-state index contributed by atoms with van der Waals surface area (Å²) in [5.41, 5.74) is 8.22. The van der Waals surface area contributed by atoms with Crippen molar-refractivity contribution in [2.75, 3.05) is 6.61 Å². The van der Waals surface area contributed by atoms with Crippen LogP contribution in [-0.2, 0) is 5.54 Å². The minimum absolute atomic E-state index is 0.207. The fourth-order valence-electron chi connectivity index (χ4n) is 1.52. The smallest absolute Gasteiger partial charge is 0.0431 e. The lowest BCUT2D eigenvalue weighted by molar-refractivity contribution is 0.265. The van der Waals surface area contributed by atoms with Gasteiger partial charge < -0.3 is 10.8 Å². The first-order valence-electron chi connectivity index (χ1n) is 5.03. The summed E-state index contributed by atoms with van der Waals surface area (Å²) in [5, 5.41) is 8.77. The zero-order valence-corrected chi connectivity index (χ0v) is 8.96. The first-order valence-corrected chi connectivity index (χ1v) is 5.03. The van der Waals surface area contributed by atoms with Crippen molar-refractivity contribution in [3.05, 3.63) is 35.4 Å². The van der Waals surface area contributed by atoms with Crippen molar-refractivity contribution in [3.63, 3.8) is 0 Å². The van der Waals surface area contributed by atoms with Gasteiger partial charge in [-0.15, -0.1) is 0 Å². The molecule has 0 radical (unpaired) electrons. The molecule has 1 atom stereocenters. The molecule has 1 rings (SSSR count). The molecule has 2 heteroatoms. The Kier molecular flexibility index (Phi) is 3.67. The van der Waals surface area contributed by atoms with Crippen molar-refractivity contribution < 1.29 is 5.11 Å².